The van der Waals surface area contributed by atoms with Crippen molar-refractivity contribution in [3.63, 3.8) is 0 Å². The van der Waals surface area contributed by atoms with Crippen molar-refractivity contribution in [2.24, 2.45) is 0 Å². The molecular weight excluding hydrogens is 384 g/mol. The van der Waals surface area contributed by atoms with Crippen LogP contribution < -0.4 is 10.5 Å². The van der Waals surface area contributed by atoms with E-state index in [0.717, 1.165) is 11.8 Å². The molecular formula is C21H14ClF2N3O. The number of rotatable bonds is 4. The minimum absolute atomic E-state index is 0.158. The monoisotopic (exact) mass is 397 g/mol. The summed E-state index contributed by atoms with van der Waals surface area (Å²) in [7, 11) is 0. The Morgan fingerprint density at radius 2 is 1.89 bits per heavy atom. The Kier molecular flexibility index (Phi) is 4.79. The number of nitrogens with zero attached hydrogens (tertiary/aromatic N) is 2. The van der Waals surface area contributed by atoms with Crippen molar-refractivity contribution < 1.29 is 8.78 Å². The van der Waals surface area contributed by atoms with E-state index in [0.29, 0.717) is 21.8 Å². The van der Waals surface area contributed by atoms with Gasteiger partial charge in [0, 0.05) is 28.4 Å². The lowest BCUT2D eigenvalue weighted by Crippen LogP contribution is -2.20. The van der Waals surface area contributed by atoms with Crippen LogP contribution in [0.15, 0.2) is 71.7 Å². The Labute approximate surface area is 164 Å². The molecule has 140 valence electrons. The first-order valence-electron chi connectivity index (χ1n) is 8.47. The fourth-order valence-electron chi connectivity index (χ4n) is 3.10. The number of aromatic amines is 1. The number of benzene rings is 2. The standard InChI is InChI=1S/C21H14ClF2N3O/c22-14-4-3-5-15(11-14)27(18-6-1-2-9-25-18)12-13-10-19(28)26-21-16(13)7-8-17(23)20(21)24/h1-11H,12H2,(H,26,28). The Morgan fingerprint density at radius 3 is 2.64 bits per heavy atom. The van der Waals surface area contributed by atoms with Crippen LogP contribution in [0.2, 0.25) is 5.02 Å². The molecule has 1 N–H and O–H groups in total. The molecule has 0 aliphatic carbocycles. The largest absolute Gasteiger partial charge is 0.322 e. The number of fused-ring (bicyclic) bond motifs is 1. The predicted molar refractivity (Wildman–Crippen MR) is 106 cm³/mol. The fourth-order valence-corrected chi connectivity index (χ4v) is 3.28. The number of aromatic nitrogens is 2. The molecule has 4 rings (SSSR count). The molecule has 4 aromatic rings. The normalized spacial score (nSPS) is 11.0. The number of H-pyrrole nitrogens is 1. The van der Waals surface area contributed by atoms with Gasteiger partial charge < -0.3 is 9.88 Å². The average Bonchev–Trinajstić information content (AvgIpc) is 2.70. The molecule has 0 amide bonds. The number of halogens is 3. The molecule has 2 aromatic carbocycles. The number of hydrogen-bond acceptors (Lipinski definition) is 3. The van der Waals surface area contributed by atoms with Gasteiger partial charge in [0.25, 0.3) is 0 Å². The van der Waals surface area contributed by atoms with E-state index in [2.05, 4.69) is 9.97 Å². The van der Waals surface area contributed by atoms with Crippen molar-refractivity contribution in [2.75, 3.05) is 4.90 Å². The summed E-state index contributed by atoms with van der Waals surface area (Å²) in [5, 5.41) is 0.962. The second-order valence-electron chi connectivity index (χ2n) is 6.20. The first-order chi connectivity index (χ1) is 13.5. The maximum atomic E-state index is 14.2. The van der Waals surface area contributed by atoms with Gasteiger partial charge in [-0.3, -0.25) is 4.79 Å². The van der Waals surface area contributed by atoms with Crippen molar-refractivity contribution in [1.82, 2.24) is 9.97 Å². The van der Waals surface area contributed by atoms with E-state index >= 15 is 0 Å². The van der Waals surface area contributed by atoms with Crippen LogP contribution in [0.4, 0.5) is 20.3 Å². The highest BCUT2D eigenvalue weighted by molar-refractivity contribution is 6.30. The van der Waals surface area contributed by atoms with Crippen LogP contribution in [0, 0.1) is 11.6 Å². The van der Waals surface area contributed by atoms with E-state index in [1.165, 1.54) is 12.1 Å². The van der Waals surface area contributed by atoms with Crippen molar-refractivity contribution >= 4 is 34.0 Å². The van der Waals surface area contributed by atoms with Gasteiger partial charge in [-0.25, -0.2) is 13.8 Å². The molecule has 4 nitrogen and oxygen atoms in total. The summed E-state index contributed by atoms with van der Waals surface area (Å²) in [5.41, 5.74) is 0.610. The molecule has 0 spiro atoms. The Hall–Kier alpha value is -3.25. The van der Waals surface area contributed by atoms with Gasteiger partial charge in [0.15, 0.2) is 11.6 Å². The molecule has 2 aromatic heterocycles. The molecule has 28 heavy (non-hydrogen) atoms. The summed E-state index contributed by atoms with van der Waals surface area (Å²) in [5.74, 6) is -1.47. The number of pyridine rings is 2. The molecule has 0 saturated heterocycles. The molecule has 0 saturated carbocycles. The molecule has 7 heteroatoms. The Balaban J connectivity index is 1.88. The van der Waals surface area contributed by atoms with Gasteiger partial charge in [0.1, 0.15) is 5.82 Å². The van der Waals surface area contributed by atoms with Crippen LogP contribution >= 0.6 is 11.6 Å². The van der Waals surface area contributed by atoms with Gasteiger partial charge in [-0.2, -0.15) is 0 Å². The number of nitrogens with one attached hydrogen (secondary N) is 1. The van der Waals surface area contributed by atoms with E-state index in [1.807, 2.05) is 23.1 Å². The Bertz CT molecular complexity index is 1210. The van der Waals surface area contributed by atoms with E-state index in [-0.39, 0.29) is 12.1 Å². The van der Waals surface area contributed by atoms with Crippen LogP contribution in [-0.4, -0.2) is 9.97 Å². The fraction of sp³-hybridized carbons (Fsp3) is 0.0476. The van der Waals surface area contributed by atoms with Crippen molar-refractivity contribution in [3.05, 3.63) is 99.4 Å². The summed E-state index contributed by atoms with van der Waals surface area (Å²) in [6.45, 7) is 0.211. The van der Waals surface area contributed by atoms with Crippen LogP contribution in [0.25, 0.3) is 10.9 Å². The number of anilines is 2. The third-order valence-electron chi connectivity index (χ3n) is 4.37. The third-order valence-corrected chi connectivity index (χ3v) is 4.60. The SMILES string of the molecule is O=c1cc(CN(c2cccc(Cl)c2)c2ccccn2)c2ccc(F)c(F)c2[nH]1. The molecule has 0 fully saturated rings. The van der Waals surface area contributed by atoms with Gasteiger partial charge in [0.2, 0.25) is 5.56 Å². The van der Waals surface area contributed by atoms with Gasteiger partial charge in [-0.15, -0.1) is 0 Å². The van der Waals surface area contributed by atoms with Crippen molar-refractivity contribution in [1.29, 1.82) is 0 Å². The minimum Gasteiger partial charge on any atom is -0.322 e. The summed E-state index contributed by atoms with van der Waals surface area (Å²) in [6.07, 6.45) is 1.65. The van der Waals surface area contributed by atoms with Crippen molar-refractivity contribution in [2.45, 2.75) is 6.54 Å². The van der Waals surface area contributed by atoms with Crippen LogP contribution in [0.5, 0.6) is 0 Å². The van der Waals surface area contributed by atoms with Crippen LogP contribution in [0.3, 0.4) is 0 Å². The summed E-state index contributed by atoms with van der Waals surface area (Å²) < 4.78 is 27.8. The second-order valence-corrected chi connectivity index (χ2v) is 6.63. The predicted octanol–water partition coefficient (Wildman–Crippen LogP) is 5.19. The van der Waals surface area contributed by atoms with Gasteiger partial charge in [-0.1, -0.05) is 23.7 Å². The zero-order valence-electron chi connectivity index (χ0n) is 14.5. The molecule has 0 atom stereocenters. The first kappa shape index (κ1) is 18.1. The van der Waals surface area contributed by atoms with Gasteiger partial charge in [0.05, 0.1) is 12.1 Å². The highest BCUT2D eigenvalue weighted by atomic mass is 35.5. The van der Waals surface area contributed by atoms with E-state index in [9.17, 15) is 13.6 Å². The van der Waals surface area contributed by atoms with Crippen molar-refractivity contribution in [3.8, 4) is 0 Å². The molecule has 0 unspecified atom stereocenters. The smallest absolute Gasteiger partial charge is 0.248 e. The first-order valence-corrected chi connectivity index (χ1v) is 8.85. The lowest BCUT2D eigenvalue weighted by molar-refractivity contribution is 0.515. The minimum atomic E-state index is -1.08. The zero-order chi connectivity index (χ0) is 19.7. The zero-order valence-corrected chi connectivity index (χ0v) is 15.3. The second kappa shape index (κ2) is 7.40. The molecule has 0 bridgehead atoms. The quantitative estimate of drug-likeness (QED) is 0.515. The lowest BCUT2D eigenvalue weighted by Gasteiger charge is -2.25. The topological polar surface area (TPSA) is 49.0 Å². The lowest BCUT2D eigenvalue weighted by atomic mass is 10.1. The summed E-state index contributed by atoms with van der Waals surface area (Å²) in [6, 6.07) is 16.5. The highest BCUT2D eigenvalue weighted by Crippen LogP contribution is 2.30. The number of hydrogen-bond donors (Lipinski definition) is 1. The van der Waals surface area contributed by atoms with E-state index < -0.39 is 17.2 Å². The van der Waals surface area contributed by atoms with E-state index in [4.69, 9.17) is 11.6 Å². The molecule has 0 radical (unpaired) electrons. The Morgan fingerprint density at radius 1 is 1.04 bits per heavy atom. The molecule has 0 aliphatic heterocycles. The summed E-state index contributed by atoms with van der Waals surface area (Å²) in [4.78, 5) is 20.7. The molecule has 2 heterocycles. The average molecular weight is 398 g/mol. The van der Waals surface area contributed by atoms with Gasteiger partial charge in [-0.05, 0) is 48.0 Å². The molecule has 0 aliphatic rings. The summed E-state index contributed by atoms with van der Waals surface area (Å²) >= 11 is 6.14. The van der Waals surface area contributed by atoms with E-state index in [1.54, 1.807) is 30.5 Å². The maximum Gasteiger partial charge on any atom is 0.248 e. The maximum absolute atomic E-state index is 14.2. The van der Waals surface area contributed by atoms with Crippen LogP contribution in [-0.2, 0) is 6.54 Å². The van der Waals surface area contributed by atoms with Crippen LogP contribution in [0.1, 0.15) is 5.56 Å². The third kappa shape index (κ3) is 3.46. The van der Waals surface area contributed by atoms with Gasteiger partial charge >= 0.3 is 0 Å². The highest BCUT2D eigenvalue weighted by Gasteiger charge is 2.17.